The van der Waals surface area contributed by atoms with Gasteiger partial charge in [0.05, 0.1) is 19.3 Å². The third-order valence-electron chi connectivity index (χ3n) is 5.32. The van der Waals surface area contributed by atoms with Gasteiger partial charge in [0.15, 0.2) is 6.61 Å². The lowest BCUT2D eigenvalue weighted by molar-refractivity contribution is -0.151. The van der Waals surface area contributed by atoms with Crippen molar-refractivity contribution in [2.45, 2.75) is 39.5 Å². The minimum atomic E-state index is -0.752. The summed E-state index contributed by atoms with van der Waals surface area (Å²) >= 11 is 0. The van der Waals surface area contributed by atoms with Gasteiger partial charge in [-0.25, -0.2) is 0 Å². The van der Waals surface area contributed by atoms with Crippen molar-refractivity contribution in [2.24, 2.45) is 0 Å². The molecule has 0 aliphatic rings. The van der Waals surface area contributed by atoms with E-state index in [1.807, 2.05) is 19.1 Å². The highest BCUT2D eigenvalue weighted by Gasteiger charge is 2.20. The molecule has 0 radical (unpaired) electrons. The first-order valence-corrected chi connectivity index (χ1v) is 11.8. The molecule has 0 atom stereocenters. The quantitative estimate of drug-likeness (QED) is 0.461. The van der Waals surface area contributed by atoms with Gasteiger partial charge in [0.25, 0.3) is 11.8 Å². The Kier molecular flexibility index (Phi) is 10.5. The number of ether oxygens (including phenoxy) is 2. The number of hydrogen-bond acceptors (Lipinski definition) is 6. The van der Waals surface area contributed by atoms with Crippen LogP contribution in [0.2, 0.25) is 0 Å². The van der Waals surface area contributed by atoms with E-state index in [0.29, 0.717) is 30.0 Å². The number of benzene rings is 2. The molecule has 2 aromatic rings. The van der Waals surface area contributed by atoms with Crippen molar-refractivity contribution in [3.8, 4) is 5.75 Å². The largest absolute Gasteiger partial charge is 0.495 e. The normalized spacial score (nSPS) is 10.8. The van der Waals surface area contributed by atoms with Crippen LogP contribution in [-0.4, -0.2) is 61.9 Å². The Hall–Kier alpha value is -3.88. The first kappa shape index (κ1) is 28.4. The lowest BCUT2D eigenvalue weighted by Gasteiger charge is -2.21. The number of hydrogen-bond donors (Lipinski definition) is 2. The standard InChI is InChI=1S/C27H35N3O6/c1-6-15-30(17-23(31)29-21-9-7-8-10-22(21)35-5)24(32)18-36-25(33)16-28-26(34)19-11-13-20(14-12-19)27(2,3)4/h7-14H,6,15-18H2,1-5H3,(H,28,34)(H,29,31). The van der Waals surface area contributed by atoms with Gasteiger partial charge in [0, 0.05) is 12.1 Å². The summed E-state index contributed by atoms with van der Waals surface area (Å²) in [6.45, 7) is 7.30. The van der Waals surface area contributed by atoms with E-state index in [1.54, 1.807) is 36.4 Å². The average molecular weight is 498 g/mol. The molecule has 0 aliphatic heterocycles. The molecule has 0 aliphatic carbocycles. The van der Waals surface area contributed by atoms with Gasteiger partial charge < -0.3 is 25.0 Å². The fraction of sp³-hybridized carbons (Fsp3) is 0.407. The van der Waals surface area contributed by atoms with E-state index in [9.17, 15) is 19.2 Å². The molecule has 0 aromatic heterocycles. The number of esters is 1. The van der Waals surface area contributed by atoms with Gasteiger partial charge in [0.2, 0.25) is 5.91 Å². The lowest BCUT2D eigenvalue weighted by atomic mass is 9.87. The molecule has 2 rings (SSSR count). The Morgan fingerprint density at radius 1 is 0.972 bits per heavy atom. The van der Waals surface area contributed by atoms with E-state index < -0.39 is 30.3 Å². The van der Waals surface area contributed by atoms with Crippen LogP contribution in [0.1, 0.15) is 50.0 Å². The van der Waals surface area contributed by atoms with Gasteiger partial charge in [-0.2, -0.15) is 0 Å². The van der Waals surface area contributed by atoms with Gasteiger partial charge in [-0.05, 0) is 41.7 Å². The molecule has 2 aromatic carbocycles. The zero-order valence-corrected chi connectivity index (χ0v) is 21.6. The molecule has 0 heterocycles. The Balaban J connectivity index is 1.83. The van der Waals surface area contributed by atoms with Crippen LogP contribution in [0.25, 0.3) is 0 Å². The molecule has 194 valence electrons. The summed E-state index contributed by atoms with van der Waals surface area (Å²) in [4.78, 5) is 50.8. The predicted molar refractivity (Wildman–Crippen MR) is 137 cm³/mol. The van der Waals surface area contributed by atoms with Crippen LogP contribution in [0.5, 0.6) is 5.75 Å². The molecule has 0 saturated carbocycles. The van der Waals surface area contributed by atoms with Crippen molar-refractivity contribution in [3.05, 3.63) is 59.7 Å². The summed E-state index contributed by atoms with van der Waals surface area (Å²) < 4.78 is 10.2. The zero-order valence-electron chi connectivity index (χ0n) is 21.6. The highest BCUT2D eigenvalue weighted by atomic mass is 16.5. The minimum Gasteiger partial charge on any atom is -0.495 e. The van der Waals surface area contributed by atoms with Crippen LogP contribution in [0.15, 0.2) is 48.5 Å². The van der Waals surface area contributed by atoms with E-state index in [-0.39, 0.29) is 18.5 Å². The predicted octanol–water partition coefficient (Wildman–Crippen LogP) is 3.14. The molecule has 0 saturated heterocycles. The third-order valence-corrected chi connectivity index (χ3v) is 5.32. The number of amides is 3. The van der Waals surface area contributed by atoms with Gasteiger partial charge in [-0.3, -0.25) is 19.2 Å². The van der Waals surface area contributed by atoms with Crippen molar-refractivity contribution >= 4 is 29.4 Å². The molecule has 0 fully saturated rings. The number of para-hydroxylation sites is 2. The zero-order chi connectivity index (χ0) is 26.7. The van der Waals surface area contributed by atoms with Crippen LogP contribution in [0.3, 0.4) is 0 Å². The van der Waals surface area contributed by atoms with Crippen LogP contribution >= 0.6 is 0 Å². The maximum Gasteiger partial charge on any atom is 0.325 e. The van der Waals surface area contributed by atoms with Crippen molar-refractivity contribution in [2.75, 3.05) is 38.7 Å². The van der Waals surface area contributed by atoms with Gasteiger partial charge in [-0.1, -0.05) is 52.0 Å². The van der Waals surface area contributed by atoms with Crippen molar-refractivity contribution < 1.29 is 28.7 Å². The van der Waals surface area contributed by atoms with Crippen molar-refractivity contribution in [1.29, 1.82) is 0 Å². The summed E-state index contributed by atoms with van der Waals surface area (Å²) in [6, 6.07) is 14.1. The van der Waals surface area contributed by atoms with E-state index in [4.69, 9.17) is 9.47 Å². The van der Waals surface area contributed by atoms with E-state index in [1.165, 1.54) is 12.0 Å². The number of nitrogens with one attached hydrogen (secondary N) is 2. The monoisotopic (exact) mass is 497 g/mol. The maximum atomic E-state index is 12.6. The van der Waals surface area contributed by atoms with Crippen LogP contribution in [0.4, 0.5) is 5.69 Å². The molecular formula is C27H35N3O6. The van der Waals surface area contributed by atoms with E-state index >= 15 is 0 Å². The lowest BCUT2D eigenvalue weighted by Crippen LogP contribution is -2.41. The number of carbonyl (C=O) groups excluding carboxylic acids is 4. The Bertz CT molecular complexity index is 1060. The summed E-state index contributed by atoms with van der Waals surface area (Å²) in [5, 5.41) is 5.21. The number of rotatable bonds is 11. The van der Waals surface area contributed by atoms with E-state index in [0.717, 1.165) is 5.56 Å². The molecule has 0 spiro atoms. The van der Waals surface area contributed by atoms with Gasteiger partial charge in [0.1, 0.15) is 12.3 Å². The number of nitrogens with zero attached hydrogens (tertiary/aromatic N) is 1. The third kappa shape index (κ3) is 8.72. The second-order valence-corrected chi connectivity index (χ2v) is 9.23. The van der Waals surface area contributed by atoms with Gasteiger partial charge >= 0.3 is 5.97 Å². The second-order valence-electron chi connectivity index (χ2n) is 9.23. The van der Waals surface area contributed by atoms with Crippen molar-refractivity contribution in [1.82, 2.24) is 10.2 Å². The molecule has 36 heavy (non-hydrogen) atoms. The molecule has 3 amide bonds. The summed E-state index contributed by atoms with van der Waals surface area (Å²) in [5.41, 5.74) is 1.96. The smallest absolute Gasteiger partial charge is 0.325 e. The van der Waals surface area contributed by atoms with Crippen molar-refractivity contribution in [3.63, 3.8) is 0 Å². The second kappa shape index (κ2) is 13.3. The van der Waals surface area contributed by atoms with Crippen LogP contribution in [0, 0.1) is 0 Å². The fourth-order valence-corrected chi connectivity index (χ4v) is 3.33. The maximum absolute atomic E-state index is 12.6. The molecular weight excluding hydrogens is 462 g/mol. The minimum absolute atomic E-state index is 0.0356. The number of carbonyl (C=O) groups is 4. The average Bonchev–Trinajstić information content (AvgIpc) is 2.85. The highest BCUT2D eigenvalue weighted by molar-refractivity contribution is 5.97. The fourth-order valence-electron chi connectivity index (χ4n) is 3.33. The Labute approximate surface area is 212 Å². The van der Waals surface area contributed by atoms with Crippen LogP contribution in [-0.2, 0) is 24.5 Å². The molecule has 9 heteroatoms. The topological polar surface area (TPSA) is 114 Å². The van der Waals surface area contributed by atoms with E-state index in [2.05, 4.69) is 31.4 Å². The Morgan fingerprint density at radius 3 is 2.25 bits per heavy atom. The molecule has 0 unspecified atom stereocenters. The molecule has 0 bridgehead atoms. The number of methoxy groups -OCH3 is 1. The highest BCUT2D eigenvalue weighted by Crippen LogP contribution is 2.23. The Morgan fingerprint density at radius 2 is 1.64 bits per heavy atom. The van der Waals surface area contributed by atoms with Crippen LogP contribution < -0.4 is 15.4 Å². The van der Waals surface area contributed by atoms with Gasteiger partial charge in [-0.15, -0.1) is 0 Å². The number of anilines is 1. The first-order chi connectivity index (χ1) is 17.0. The SMILES string of the molecule is CCCN(CC(=O)Nc1ccccc1OC)C(=O)COC(=O)CNC(=O)c1ccc(C(C)(C)C)cc1. The first-order valence-electron chi connectivity index (χ1n) is 11.8. The summed E-state index contributed by atoms with van der Waals surface area (Å²) in [7, 11) is 1.50. The molecule has 9 nitrogen and oxygen atoms in total. The molecule has 2 N–H and O–H groups in total. The summed E-state index contributed by atoms with van der Waals surface area (Å²) in [5.74, 6) is -1.58. The summed E-state index contributed by atoms with van der Waals surface area (Å²) in [6.07, 6.45) is 0.617.